The van der Waals surface area contributed by atoms with E-state index in [1.54, 1.807) is 6.07 Å². The molecule has 0 heterocycles. The molecule has 0 radical (unpaired) electrons. The molecule has 0 aliphatic carbocycles. The van der Waals surface area contributed by atoms with Crippen molar-refractivity contribution in [2.45, 2.75) is 19.3 Å². The number of unbranched alkanes of at least 4 members (excludes halogenated alkanes) is 2. The van der Waals surface area contributed by atoms with Crippen molar-refractivity contribution in [3.05, 3.63) is 29.8 Å². The summed E-state index contributed by atoms with van der Waals surface area (Å²) in [5.41, 5.74) is 1.43. The predicted molar refractivity (Wildman–Crippen MR) is 70.5 cm³/mol. The van der Waals surface area contributed by atoms with Crippen LogP contribution in [-0.2, 0) is 4.74 Å². The van der Waals surface area contributed by atoms with Crippen LogP contribution in [0.5, 0.6) is 0 Å². The number of esters is 1. The van der Waals surface area contributed by atoms with Crippen molar-refractivity contribution in [1.29, 1.82) is 5.26 Å². The third kappa shape index (κ3) is 3.77. The zero-order valence-corrected chi connectivity index (χ0v) is 10.8. The zero-order chi connectivity index (χ0) is 13.4. The summed E-state index contributed by atoms with van der Waals surface area (Å²) in [4.78, 5) is 13.6. The Morgan fingerprint density at radius 2 is 2.11 bits per heavy atom. The summed E-state index contributed by atoms with van der Waals surface area (Å²) >= 11 is 0. The van der Waals surface area contributed by atoms with E-state index < -0.39 is 0 Å². The molecular formula is C14H18N2O2. The molecule has 4 heteroatoms. The normalized spacial score (nSPS) is 9.61. The van der Waals surface area contributed by atoms with E-state index in [0.29, 0.717) is 12.0 Å². The second-order valence-electron chi connectivity index (χ2n) is 4.05. The highest BCUT2D eigenvalue weighted by Gasteiger charge is 2.13. The van der Waals surface area contributed by atoms with E-state index >= 15 is 0 Å². The number of anilines is 1. The number of benzene rings is 1. The molecule has 96 valence electrons. The monoisotopic (exact) mass is 246 g/mol. The highest BCUT2D eigenvalue weighted by molar-refractivity contribution is 5.95. The number of hydrogen-bond acceptors (Lipinski definition) is 4. The molecule has 0 saturated heterocycles. The van der Waals surface area contributed by atoms with E-state index in [4.69, 9.17) is 10.00 Å². The maximum absolute atomic E-state index is 11.6. The summed E-state index contributed by atoms with van der Waals surface area (Å²) in [6, 6.07) is 9.50. The minimum Gasteiger partial charge on any atom is -0.465 e. The third-order valence-corrected chi connectivity index (χ3v) is 2.75. The van der Waals surface area contributed by atoms with Crippen LogP contribution in [-0.4, -0.2) is 26.7 Å². The highest BCUT2D eigenvalue weighted by atomic mass is 16.5. The van der Waals surface area contributed by atoms with Gasteiger partial charge in [-0.05, 0) is 25.0 Å². The van der Waals surface area contributed by atoms with Gasteiger partial charge in [-0.2, -0.15) is 5.26 Å². The van der Waals surface area contributed by atoms with Gasteiger partial charge < -0.3 is 9.64 Å². The van der Waals surface area contributed by atoms with Crippen LogP contribution in [0.1, 0.15) is 29.6 Å². The molecule has 0 bridgehead atoms. The molecule has 4 nitrogen and oxygen atoms in total. The maximum Gasteiger partial charge on any atom is 0.339 e. The number of para-hydroxylation sites is 1. The molecule has 1 aromatic carbocycles. The summed E-state index contributed by atoms with van der Waals surface area (Å²) in [5.74, 6) is -0.325. The van der Waals surface area contributed by atoms with Crippen molar-refractivity contribution in [3.8, 4) is 6.07 Å². The van der Waals surface area contributed by atoms with Gasteiger partial charge in [0.2, 0.25) is 0 Å². The number of methoxy groups -OCH3 is 1. The lowest BCUT2D eigenvalue weighted by Gasteiger charge is -2.21. The van der Waals surface area contributed by atoms with Crippen LogP contribution in [0.25, 0.3) is 0 Å². The first-order chi connectivity index (χ1) is 8.70. The number of nitrogens with zero attached hydrogens (tertiary/aromatic N) is 2. The minimum atomic E-state index is -0.325. The van der Waals surface area contributed by atoms with E-state index in [2.05, 4.69) is 6.07 Å². The quantitative estimate of drug-likeness (QED) is 0.572. The first kappa shape index (κ1) is 14.0. The van der Waals surface area contributed by atoms with Crippen LogP contribution in [0.3, 0.4) is 0 Å². The SMILES string of the molecule is COC(=O)c1ccccc1N(C)CCCCC#N. The van der Waals surface area contributed by atoms with Crippen molar-refractivity contribution >= 4 is 11.7 Å². The largest absolute Gasteiger partial charge is 0.465 e. The first-order valence-electron chi connectivity index (χ1n) is 5.96. The van der Waals surface area contributed by atoms with E-state index in [1.807, 2.05) is 30.1 Å². The Morgan fingerprint density at radius 1 is 1.39 bits per heavy atom. The van der Waals surface area contributed by atoms with Crippen LogP contribution in [0.4, 0.5) is 5.69 Å². The summed E-state index contributed by atoms with van der Waals surface area (Å²) < 4.78 is 4.76. The molecule has 0 unspecified atom stereocenters. The number of nitriles is 1. The summed E-state index contributed by atoms with van der Waals surface area (Å²) in [7, 11) is 3.32. The van der Waals surface area contributed by atoms with Gasteiger partial charge in [0.05, 0.1) is 24.4 Å². The van der Waals surface area contributed by atoms with Gasteiger partial charge >= 0.3 is 5.97 Å². The second kappa shape index (κ2) is 7.33. The Kier molecular flexibility index (Phi) is 5.72. The molecular weight excluding hydrogens is 228 g/mol. The molecule has 0 fully saturated rings. The standard InChI is InChI=1S/C14H18N2O2/c1-16(11-7-3-6-10-15)13-9-5-4-8-12(13)14(17)18-2/h4-5,8-9H,3,6-7,11H2,1-2H3. The van der Waals surface area contributed by atoms with Crippen molar-refractivity contribution in [1.82, 2.24) is 0 Å². The van der Waals surface area contributed by atoms with Crippen LogP contribution in [0.2, 0.25) is 0 Å². The highest BCUT2D eigenvalue weighted by Crippen LogP contribution is 2.20. The van der Waals surface area contributed by atoms with Gasteiger partial charge in [0.1, 0.15) is 0 Å². The van der Waals surface area contributed by atoms with Gasteiger partial charge in [0.15, 0.2) is 0 Å². The Bertz CT molecular complexity index is 438. The second-order valence-corrected chi connectivity index (χ2v) is 4.05. The van der Waals surface area contributed by atoms with Gasteiger partial charge in [-0.15, -0.1) is 0 Å². The van der Waals surface area contributed by atoms with Crippen LogP contribution >= 0.6 is 0 Å². The first-order valence-corrected chi connectivity index (χ1v) is 5.96. The van der Waals surface area contributed by atoms with Crippen LogP contribution in [0, 0.1) is 11.3 Å². The number of carbonyl (C=O) groups is 1. The van der Waals surface area contributed by atoms with Gasteiger partial charge in [-0.25, -0.2) is 4.79 Å². The van der Waals surface area contributed by atoms with Crippen molar-refractivity contribution < 1.29 is 9.53 Å². The Hall–Kier alpha value is -2.02. The molecule has 18 heavy (non-hydrogen) atoms. The van der Waals surface area contributed by atoms with Crippen molar-refractivity contribution in [2.24, 2.45) is 0 Å². The van der Waals surface area contributed by atoms with E-state index in [0.717, 1.165) is 25.1 Å². The predicted octanol–water partition coefficient (Wildman–Crippen LogP) is 2.60. The van der Waals surface area contributed by atoms with Crippen molar-refractivity contribution in [3.63, 3.8) is 0 Å². The molecule has 0 saturated carbocycles. The molecule has 1 aromatic rings. The number of ether oxygens (including phenoxy) is 1. The molecule has 0 amide bonds. The maximum atomic E-state index is 11.6. The summed E-state index contributed by atoms with van der Waals surface area (Å²) in [5, 5.41) is 8.47. The average Bonchev–Trinajstić information content (AvgIpc) is 2.42. The fraction of sp³-hybridized carbons (Fsp3) is 0.429. The number of carbonyl (C=O) groups excluding carboxylic acids is 1. The van der Waals surface area contributed by atoms with Gasteiger partial charge in [-0.3, -0.25) is 0 Å². The van der Waals surface area contributed by atoms with Crippen LogP contribution < -0.4 is 4.90 Å². The fourth-order valence-electron chi connectivity index (χ4n) is 1.76. The van der Waals surface area contributed by atoms with E-state index in [1.165, 1.54) is 7.11 Å². The molecule has 0 spiro atoms. The van der Waals surface area contributed by atoms with E-state index in [-0.39, 0.29) is 5.97 Å². The molecule has 1 rings (SSSR count). The fourth-order valence-corrected chi connectivity index (χ4v) is 1.76. The third-order valence-electron chi connectivity index (χ3n) is 2.75. The summed E-state index contributed by atoms with van der Waals surface area (Å²) in [6.45, 7) is 0.815. The number of rotatable bonds is 6. The van der Waals surface area contributed by atoms with Gasteiger partial charge in [0.25, 0.3) is 0 Å². The Morgan fingerprint density at radius 3 is 2.78 bits per heavy atom. The summed E-state index contributed by atoms with van der Waals surface area (Å²) in [6.07, 6.45) is 2.38. The average molecular weight is 246 g/mol. The van der Waals surface area contributed by atoms with Crippen LogP contribution in [0.15, 0.2) is 24.3 Å². The molecule has 0 atom stereocenters. The molecule has 0 aromatic heterocycles. The Labute approximate surface area is 108 Å². The minimum absolute atomic E-state index is 0.325. The lowest BCUT2D eigenvalue weighted by molar-refractivity contribution is 0.0601. The topological polar surface area (TPSA) is 53.3 Å². The van der Waals surface area contributed by atoms with E-state index in [9.17, 15) is 4.79 Å². The number of hydrogen-bond donors (Lipinski definition) is 0. The lowest BCUT2D eigenvalue weighted by atomic mass is 10.1. The molecule has 0 aliphatic rings. The van der Waals surface area contributed by atoms with Crippen molar-refractivity contribution in [2.75, 3.05) is 25.6 Å². The zero-order valence-electron chi connectivity index (χ0n) is 10.8. The smallest absolute Gasteiger partial charge is 0.339 e. The molecule has 0 N–H and O–H groups in total. The molecule has 0 aliphatic heterocycles. The van der Waals surface area contributed by atoms with Gasteiger partial charge in [-0.1, -0.05) is 12.1 Å². The Balaban J connectivity index is 2.70. The lowest BCUT2D eigenvalue weighted by Crippen LogP contribution is -2.21. The van der Waals surface area contributed by atoms with Gasteiger partial charge in [0, 0.05) is 20.0 Å².